The van der Waals surface area contributed by atoms with E-state index in [1.54, 1.807) is 42.9 Å². The lowest BCUT2D eigenvalue weighted by atomic mass is 10.2. The van der Waals surface area contributed by atoms with Crippen molar-refractivity contribution in [1.29, 1.82) is 0 Å². The number of benzene rings is 2. The van der Waals surface area contributed by atoms with E-state index < -0.39 is 0 Å². The number of fused-ring (bicyclic) bond motifs is 1. The van der Waals surface area contributed by atoms with Gasteiger partial charge in [0.15, 0.2) is 0 Å². The highest BCUT2D eigenvalue weighted by molar-refractivity contribution is 6.30. The first kappa shape index (κ1) is 20.7. The van der Waals surface area contributed by atoms with Crippen LogP contribution in [0.4, 0.5) is 17.2 Å². The summed E-state index contributed by atoms with van der Waals surface area (Å²) in [7, 11) is 1.95. The van der Waals surface area contributed by atoms with E-state index in [4.69, 9.17) is 16.6 Å². The summed E-state index contributed by atoms with van der Waals surface area (Å²) in [5.74, 6) is 1.24. The molecule has 2 N–H and O–H groups in total. The van der Waals surface area contributed by atoms with Crippen LogP contribution in [0.25, 0.3) is 22.4 Å². The maximum Gasteiger partial charge on any atom is 0.255 e. The molecule has 0 radical (unpaired) electrons. The van der Waals surface area contributed by atoms with Crippen LogP contribution in [0, 0.1) is 0 Å². The summed E-state index contributed by atoms with van der Waals surface area (Å²) in [5, 5.41) is 3.50. The molecule has 2 aromatic carbocycles. The molecule has 0 spiro atoms. The molecule has 3 heterocycles. The maximum absolute atomic E-state index is 12.5. The average molecular weight is 455 g/mol. The number of rotatable bonds is 5. The monoisotopic (exact) mass is 454 g/mol. The highest BCUT2D eigenvalue weighted by Gasteiger charge is 2.16. The Morgan fingerprint density at radius 3 is 2.58 bits per heavy atom. The molecule has 0 aliphatic carbocycles. The third-order valence-electron chi connectivity index (χ3n) is 5.26. The third kappa shape index (κ3) is 4.26. The molecule has 33 heavy (non-hydrogen) atoms. The van der Waals surface area contributed by atoms with E-state index in [2.05, 4.69) is 20.3 Å². The van der Waals surface area contributed by atoms with Gasteiger partial charge in [0.2, 0.25) is 0 Å². The van der Waals surface area contributed by atoms with Gasteiger partial charge < -0.3 is 15.2 Å². The molecule has 0 saturated carbocycles. The van der Waals surface area contributed by atoms with Crippen LogP contribution >= 0.6 is 11.6 Å². The molecule has 0 unspecified atom stereocenters. The Hall–Kier alpha value is -4.23. The van der Waals surface area contributed by atoms with E-state index >= 15 is 0 Å². The number of halogens is 1. The number of nitrogens with one attached hydrogen (secondary N) is 2. The number of carbonyl (C=O) groups is 1. The van der Waals surface area contributed by atoms with Crippen molar-refractivity contribution in [2.45, 2.75) is 0 Å². The van der Waals surface area contributed by atoms with E-state index in [-0.39, 0.29) is 5.91 Å². The van der Waals surface area contributed by atoms with E-state index in [0.29, 0.717) is 22.1 Å². The average Bonchev–Trinajstić information content (AvgIpc) is 3.28. The van der Waals surface area contributed by atoms with Gasteiger partial charge in [0, 0.05) is 47.6 Å². The van der Waals surface area contributed by atoms with Crippen molar-refractivity contribution in [1.82, 2.24) is 19.9 Å². The molecule has 0 atom stereocenters. The topological polar surface area (TPSA) is 86.8 Å². The summed E-state index contributed by atoms with van der Waals surface area (Å²) in [4.78, 5) is 31.3. The number of pyridine rings is 2. The minimum atomic E-state index is -0.209. The van der Waals surface area contributed by atoms with Crippen molar-refractivity contribution >= 4 is 45.7 Å². The molecule has 0 aliphatic rings. The standard InChI is InChI=1S/C25H19ClN6O/c1-32(19-10-13-27-14-11-19)24-20(3-2-12-28-24)23-30-21-9-8-18(15-22(21)31-23)29-25(33)16-4-6-17(26)7-5-16/h2-15H,1H3,(H,29,33)(H,30,31). The first-order valence-corrected chi connectivity index (χ1v) is 10.6. The zero-order valence-corrected chi connectivity index (χ0v) is 18.4. The molecule has 3 aromatic heterocycles. The Morgan fingerprint density at radius 2 is 1.79 bits per heavy atom. The Bertz CT molecular complexity index is 1430. The maximum atomic E-state index is 12.5. The molecule has 0 aliphatic heterocycles. The number of anilines is 3. The van der Waals surface area contributed by atoms with E-state index in [1.807, 2.05) is 54.4 Å². The molecule has 0 bridgehead atoms. The third-order valence-corrected chi connectivity index (χ3v) is 5.51. The molecular formula is C25H19ClN6O. The summed E-state index contributed by atoms with van der Waals surface area (Å²) in [6, 6.07) is 20.0. The Morgan fingerprint density at radius 1 is 1.00 bits per heavy atom. The van der Waals surface area contributed by atoms with Gasteiger partial charge in [0.25, 0.3) is 5.91 Å². The Kier molecular flexibility index (Phi) is 5.46. The van der Waals surface area contributed by atoms with Crippen molar-refractivity contribution < 1.29 is 4.79 Å². The van der Waals surface area contributed by atoms with Gasteiger partial charge in [0.05, 0.1) is 16.6 Å². The van der Waals surface area contributed by atoms with Gasteiger partial charge in [-0.1, -0.05) is 11.6 Å². The van der Waals surface area contributed by atoms with Gasteiger partial charge in [-0.25, -0.2) is 9.97 Å². The highest BCUT2D eigenvalue weighted by atomic mass is 35.5. The lowest BCUT2D eigenvalue weighted by Crippen LogP contribution is -2.12. The molecule has 0 fully saturated rings. The molecule has 1 amide bonds. The van der Waals surface area contributed by atoms with E-state index in [1.165, 1.54) is 0 Å². The van der Waals surface area contributed by atoms with Crippen LogP contribution in [0.5, 0.6) is 0 Å². The van der Waals surface area contributed by atoms with Crippen LogP contribution < -0.4 is 10.2 Å². The van der Waals surface area contributed by atoms with Gasteiger partial charge in [0.1, 0.15) is 11.6 Å². The number of aromatic nitrogens is 4. The summed E-state index contributed by atoms with van der Waals surface area (Å²) in [5.41, 5.74) is 4.62. The fourth-order valence-electron chi connectivity index (χ4n) is 3.56. The van der Waals surface area contributed by atoms with Crippen molar-refractivity contribution in [3.63, 3.8) is 0 Å². The van der Waals surface area contributed by atoms with Crippen LogP contribution in [0.3, 0.4) is 0 Å². The highest BCUT2D eigenvalue weighted by Crippen LogP contribution is 2.32. The molecular weight excluding hydrogens is 436 g/mol. The zero-order chi connectivity index (χ0) is 22.8. The fourth-order valence-corrected chi connectivity index (χ4v) is 3.68. The number of amides is 1. The molecule has 0 saturated heterocycles. The number of H-pyrrole nitrogens is 1. The minimum Gasteiger partial charge on any atom is -0.338 e. The number of hydrogen-bond donors (Lipinski definition) is 2. The predicted molar refractivity (Wildman–Crippen MR) is 131 cm³/mol. The second-order valence-corrected chi connectivity index (χ2v) is 7.85. The molecule has 7 nitrogen and oxygen atoms in total. The molecule has 5 aromatic rings. The number of hydrogen-bond acceptors (Lipinski definition) is 5. The zero-order valence-electron chi connectivity index (χ0n) is 17.7. The van der Waals surface area contributed by atoms with Crippen molar-refractivity contribution in [3.8, 4) is 11.4 Å². The summed E-state index contributed by atoms with van der Waals surface area (Å²) in [6.45, 7) is 0. The van der Waals surface area contributed by atoms with E-state index in [9.17, 15) is 4.79 Å². The first-order valence-electron chi connectivity index (χ1n) is 10.2. The normalized spacial score (nSPS) is 10.8. The second kappa shape index (κ2) is 8.72. The molecule has 5 rings (SSSR count). The number of carbonyl (C=O) groups excluding carboxylic acids is 1. The summed E-state index contributed by atoms with van der Waals surface area (Å²) < 4.78 is 0. The van der Waals surface area contributed by atoms with Gasteiger partial charge in [-0.05, 0) is 66.7 Å². The second-order valence-electron chi connectivity index (χ2n) is 7.42. The van der Waals surface area contributed by atoms with Crippen LogP contribution in [0.15, 0.2) is 85.3 Å². The summed E-state index contributed by atoms with van der Waals surface area (Å²) in [6.07, 6.45) is 5.24. The lowest BCUT2D eigenvalue weighted by Gasteiger charge is -2.20. The Balaban J connectivity index is 1.45. The van der Waals surface area contributed by atoms with Gasteiger partial charge in [-0.2, -0.15) is 0 Å². The van der Waals surface area contributed by atoms with Gasteiger partial charge in [-0.3, -0.25) is 9.78 Å². The quantitative estimate of drug-likeness (QED) is 0.356. The van der Waals surface area contributed by atoms with Gasteiger partial charge in [-0.15, -0.1) is 0 Å². The smallest absolute Gasteiger partial charge is 0.255 e. The lowest BCUT2D eigenvalue weighted by molar-refractivity contribution is 0.102. The molecule has 8 heteroatoms. The molecule has 162 valence electrons. The number of nitrogens with zero attached hydrogens (tertiary/aromatic N) is 4. The Labute approximate surface area is 195 Å². The van der Waals surface area contributed by atoms with Crippen molar-refractivity contribution in [3.05, 3.63) is 95.9 Å². The number of aromatic amines is 1. The predicted octanol–water partition coefficient (Wildman–Crippen LogP) is 5.69. The van der Waals surface area contributed by atoms with Crippen LogP contribution in [-0.2, 0) is 0 Å². The SMILES string of the molecule is CN(c1ccncc1)c1ncccc1-c1nc2ccc(NC(=O)c3ccc(Cl)cc3)cc2[nH]1. The van der Waals surface area contributed by atoms with Crippen LogP contribution in [0.2, 0.25) is 5.02 Å². The largest absolute Gasteiger partial charge is 0.338 e. The van der Waals surface area contributed by atoms with Gasteiger partial charge >= 0.3 is 0 Å². The fraction of sp³-hybridized carbons (Fsp3) is 0.0400. The van der Waals surface area contributed by atoms with Crippen molar-refractivity contribution in [2.24, 2.45) is 0 Å². The van der Waals surface area contributed by atoms with Crippen LogP contribution in [0.1, 0.15) is 10.4 Å². The minimum absolute atomic E-state index is 0.209. The van der Waals surface area contributed by atoms with Crippen molar-refractivity contribution in [2.75, 3.05) is 17.3 Å². The number of imidazole rings is 1. The van der Waals surface area contributed by atoms with E-state index in [0.717, 1.165) is 28.1 Å². The summed E-state index contributed by atoms with van der Waals surface area (Å²) >= 11 is 5.91. The van der Waals surface area contributed by atoms with Crippen LogP contribution in [-0.4, -0.2) is 32.9 Å². The first-order chi connectivity index (χ1) is 16.1.